The predicted octanol–water partition coefficient (Wildman–Crippen LogP) is 4.17. The summed E-state index contributed by atoms with van der Waals surface area (Å²) in [5.74, 6) is 0. The van der Waals surface area contributed by atoms with Crippen LogP contribution in [-0.2, 0) is 10.0 Å². The summed E-state index contributed by atoms with van der Waals surface area (Å²) >= 11 is 4.63. The molecule has 0 bridgehead atoms. The zero-order valence-electron chi connectivity index (χ0n) is 11.0. The number of pyridine rings is 1. The monoisotopic (exact) mass is 382 g/mol. The number of rotatable bonds is 3. The van der Waals surface area contributed by atoms with Gasteiger partial charge < -0.3 is 0 Å². The van der Waals surface area contributed by atoms with Crippen molar-refractivity contribution < 1.29 is 8.42 Å². The Kier molecular flexibility index (Phi) is 3.73. The van der Waals surface area contributed by atoms with E-state index in [2.05, 4.69) is 25.6 Å². The summed E-state index contributed by atoms with van der Waals surface area (Å²) < 4.78 is 29.6. The van der Waals surface area contributed by atoms with Crippen LogP contribution in [0.1, 0.15) is 5.56 Å². The number of anilines is 1. The Morgan fingerprint density at radius 3 is 2.71 bits per heavy atom. The molecule has 0 atom stereocenters. The SMILES string of the molecule is Cc1ccncc1NS(=O)(=O)c1sc2ccccc2c1Br. The van der Waals surface area contributed by atoms with Crippen molar-refractivity contribution in [2.75, 3.05) is 4.72 Å². The van der Waals surface area contributed by atoms with Crippen molar-refractivity contribution >= 4 is 53.1 Å². The Bertz CT molecular complexity index is 920. The van der Waals surface area contributed by atoms with Crippen LogP contribution >= 0.6 is 27.3 Å². The number of thiophene rings is 1. The normalized spacial score (nSPS) is 11.7. The second-order valence-corrected chi connectivity index (χ2v) is 8.22. The number of hydrogen-bond donors (Lipinski definition) is 1. The second-order valence-electron chi connectivity index (χ2n) is 4.50. The first-order chi connectivity index (χ1) is 9.99. The summed E-state index contributed by atoms with van der Waals surface area (Å²) in [7, 11) is -3.65. The van der Waals surface area contributed by atoms with Crippen LogP contribution in [0, 0.1) is 6.92 Å². The van der Waals surface area contributed by atoms with E-state index >= 15 is 0 Å². The zero-order valence-corrected chi connectivity index (χ0v) is 14.2. The molecule has 0 fully saturated rings. The van der Waals surface area contributed by atoms with Gasteiger partial charge in [0, 0.05) is 16.3 Å². The van der Waals surface area contributed by atoms with Crippen LogP contribution in [-0.4, -0.2) is 13.4 Å². The smallest absolute Gasteiger partial charge is 0.272 e. The molecule has 0 aliphatic carbocycles. The molecule has 7 heteroatoms. The van der Waals surface area contributed by atoms with E-state index < -0.39 is 10.0 Å². The summed E-state index contributed by atoms with van der Waals surface area (Å²) in [5.41, 5.74) is 1.31. The summed E-state index contributed by atoms with van der Waals surface area (Å²) in [6.45, 7) is 1.83. The fraction of sp³-hybridized carbons (Fsp3) is 0.0714. The highest BCUT2D eigenvalue weighted by Crippen LogP contribution is 2.39. The molecule has 4 nitrogen and oxygen atoms in total. The van der Waals surface area contributed by atoms with Crippen molar-refractivity contribution in [3.63, 3.8) is 0 Å². The maximum Gasteiger partial charge on any atom is 0.272 e. The summed E-state index contributed by atoms with van der Waals surface area (Å²) in [4.78, 5) is 3.95. The van der Waals surface area contributed by atoms with E-state index in [1.54, 1.807) is 12.3 Å². The molecular formula is C14H11BrN2O2S2. The highest BCUT2D eigenvalue weighted by molar-refractivity contribution is 9.10. The third-order valence-electron chi connectivity index (χ3n) is 3.03. The number of aryl methyl sites for hydroxylation is 1. The van der Waals surface area contributed by atoms with Gasteiger partial charge in [0.25, 0.3) is 10.0 Å². The Morgan fingerprint density at radius 1 is 1.24 bits per heavy atom. The number of halogens is 1. The van der Waals surface area contributed by atoms with Gasteiger partial charge in [-0.3, -0.25) is 9.71 Å². The molecular weight excluding hydrogens is 372 g/mol. The van der Waals surface area contributed by atoms with Gasteiger partial charge in [-0.2, -0.15) is 0 Å². The molecule has 0 saturated heterocycles. The molecule has 0 aliphatic heterocycles. The van der Waals surface area contributed by atoms with Crippen molar-refractivity contribution in [1.82, 2.24) is 4.98 Å². The standard InChI is InChI=1S/C14H11BrN2O2S2/c1-9-6-7-16-8-11(9)17-21(18,19)14-13(15)10-4-2-3-5-12(10)20-14/h2-8,17H,1H3. The van der Waals surface area contributed by atoms with Gasteiger partial charge in [0.15, 0.2) is 4.21 Å². The number of nitrogens with zero attached hydrogens (tertiary/aromatic N) is 1. The molecule has 0 unspecified atom stereocenters. The number of sulfonamides is 1. The third-order valence-corrected chi connectivity index (χ3v) is 7.44. The van der Waals surface area contributed by atoms with E-state index in [1.165, 1.54) is 17.5 Å². The minimum atomic E-state index is -3.65. The van der Waals surface area contributed by atoms with Gasteiger partial charge in [-0.15, -0.1) is 11.3 Å². The number of nitrogens with one attached hydrogen (secondary N) is 1. The highest BCUT2D eigenvalue weighted by Gasteiger charge is 2.23. The van der Waals surface area contributed by atoms with Crippen molar-refractivity contribution in [2.24, 2.45) is 0 Å². The van der Waals surface area contributed by atoms with Gasteiger partial charge in [0.05, 0.1) is 16.4 Å². The maximum atomic E-state index is 12.6. The molecule has 0 spiro atoms. The van der Waals surface area contributed by atoms with E-state index in [0.717, 1.165) is 15.6 Å². The van der Waals surface area contributed by atoms with Crippen molar-refractivity contribution in [3.05, 3.63) is 52.8 Å². The quantitative estimate of drug-likeness (QED) is 0.739. The van der Waals surface area contributed by atoms with E-state index in [1.807, 2.05) is 31.2 Å². The van der Waals surface area contributed by atoms with Gasteiger partial charge in [-0.1, -0.05) is 18.2 Å². The minimum absolute atomic E-state index is 0.270. The predicted molar refractivity (Wildman–Crippen MR) is 89.3 cm³/mol. The third kappa shape index (κ3) is 2.68. The van der Waals surface area contributed by atoms with Gasteiger partial charge in [0.1, 0.15) is 0 Å². The van der Waals surface area contributed by atoms with Crippen LogP contribution in [0.3, 0.4) is 0 Å². The Hall–Kier alpha value is -1.44. The molecule has 3 aromatic rings. The van der Waals surface area contributed by atoms with Crippen LogP contribution in [0.25, 0.3) is 10.1 Å². The minimum Gasteiger partial charge on any atom is -0.277 e. The lowest BCUT2D eigenvalue weighted by molar-refractivity contribution is 0.603. The molecule has 21 heavy (non-hydrogen) atoms. The molecule has 2 aromatic heterocycles. The number of hydrogen-bond acceptors (Lipinski definition) is 4. The van der Waals surface area contributed by atoms with Crippen LogP contribution < -0.4 is 4.72 Å². The van der Waals surface area contributed by atoms with E-state index in [9.17, 15) is 8.42 Å². The Labute approximate surface area is 135 Å². The van der Waals surface area contributed by atoms with Crippen LogP contribution in [0.4, 0.5) is 5.69 Å². The fourth-order valence-electron chi connectivity index (χ4n) is 1.93. The molecule has 2 heterocycles. The molecule has 1 N–H and O–H groups in total. The maximum absolute atomic E-state index is 12.6. The van der Waals surface area contributed by atoms with Gasteiger partial charge >= 0.3 is 0 Å². The Balaban J connectivity index is 2.09. The van der Waals surface area contributed by atoms with Crippen molar-refractivity contribution in [2.45, 2.75) is 11.1 Å². The summed E-state index contributed by atoms with van der Waals surface area (Å²) in [6.07, 6.45) is 3.14. The van der Waals surface area contributed by atoms with Crippen molar-refractivity contribution in [1.29, 1.82) is 0 Å². The highest BCUT2D eigenvalue weighted by atomic mass is 79.9. The largest absolute Gasteiger partial charge is 0.277 e. The van der Waals surface area contributed by atoms with Gasteiger partial charge in [-0.05, 0) is 40.5 Å². The zero-order chi connectivity index (χ0) is 15.0. The number of benzene rings is 1. The summed E-state index contributed by atoms with van der Waals surface area (Å²) in [5, 5.41) is 0.894. The fourth-order valence-corrected chi connectivity index (χ4v) is 5.89. The van der Waals surface area contributed by atoms with Crippen LogP contribution in [0.5, 0.6) is 0 Å². The van der Waals surface area contributed by atoms with Crippen LogP contribution in [0.15, 0.2) is 51.4 Å². The number of fused-ring (bicyclic) bond motifs is 1. The van der Waals surface area contributed by atoms with Crippen molar-refractivity contribution in [3.8, 4) is 0 Å². The average Bonchev–Trinajstić information content (AvgIpc) is 2.80. The molecule has 1 aromatic carbocycles. The molecule has 3 rings (SSSR count). The number of aromatic nitrogens is 1. The molecule has 108 valence electrons. The van der Waals surface area contributed by atoms with Gasteiger partial charge in [-0.25, -0.2) is 8.42 Å². The first-order valence-corrected chi connectivity index (χ1v) is 9.19. The van der Waals surface area contributed by atoms with E-state index in [4.69, 9.17) is 0 Å². The molecule has 0 amide bonds. The lowest BCUT2D eigenvalue weighted by Gasteiger charge is -2.08. The second kappa shape index (κ2) is 5.40. The average molecular weight is 383 g/mol. The van der Waals surface area contributed by atoms with E-state index in [-0.39, 0.29) is 4.21 Å². The van der Waals surface area contributed by atoms with Gasteiger partial charge in [0.2, 0.25) is 0 Å². The molecule has 0 radical (unpaired) electrons. The summed E-state index contributed by atoms with van der Waals surface area (Å²) in [6, 6.07) is 9.33. The lowest BCUT2D eigenvalue weighted by atomic mass is 10.3. The molecule has 0 saturated carbocycles. The topological polar surface area (TPSA) is 59.1 Å². The lowest BCUT2D eigenvalue weighted by Crippen LogP contribution is -2.13. The Morgan fingerprint density at radius 2 is 2.00 bits per heavy atom. The molecule has 0 aliphatic rings. The first kappa shape index (κ1) is 14.5. The van der Waals surface area contributed by atoms with E-state index in [0.29, 0.717) is 10.2 Å². The first-order valence-electron chi connectivity index (χ1n) is 6.09. The van der Waals surface area contributed by atoms with Crippen LogP contribution in [0.2, 0.25) is 0 Å².